The average molecular weight is 404 g/mol. The van der Waals surface area contributed by atoms with E-state index in [1.165, 1.54) is 6.42 Å². The van der Waals surface area contributed by atoms with Crippen LogP contribution in [-0.2, 0) is 10.2 Å². The Kier molecular flexibility index (Phi) is 6.41. The van der Waals surface area contributed by atoms with Gasteiger partial charge in [0.2, 0.25) is 5.91 Å². The fourth-order valence-corrected chi connectivity index (χ4v) is 3.89. The van der Waals surface area contributed by atoms with Crippen molar-refractivity contribution in [2.75, 3.05) is 45.8 Å². The minimum absolute atomic E-state index is 0.121. The molecule has 29 heavy (non-hydrogen) atoms. The van der Waals surface area contributed by atoms with Gasteiger partial charge >= 0.3 is 0 Å². The van der Waals surface area contributed by atoms with Crippen LogP contribution in [-0.4, -0.2) is 82.3 Å². The Morgan fingerprint density at radius 2 is 1.59 bits per heavy atom. The van der Waals surface area contributed by atoms with E-state index < -0.39 is 0 Å². The number of hydrogen-bond donors (Lipinski definition) is 1. The molecule has 8 heteroatoms. The summed E-state index contributed by atoms with van der Waals surface area (Å²) in [6, 6.07) is 0. The van der Waals surface area contributed by atoms with E-state index in [1.54, 1.807) is 11.8 Å². The van der Waals surface area contributed by atoms with Gasteiger partial charge in [-0.15, -0.1) is 0 Å². The molecule has 0 atom stereocenters. The molecule has 2 fully saturated rings. The molecule has 1 N–H and O–H groups in total. The summed E-state index contributed by atoms with van der Waals surface area (Å²) in [6.07, 6.45) is 3.38. The summed E-state index contributed by atoms with van der Waals surface area (Å²) >= 11 is 0. The van der Waals surface area contributed by atoms with Crippen molar-refractivity contribution in [2.24, 2.45) is 0 Å². The zero-order valence-corrected chi connectivity index (χ0v) is 18.1. The van der Waals surface area contributed by atoms with E-state index in [9.17, 15) is 14.4 Å². The van der Waals surface area contributed by atoms with Crippen molar-refractivity contribution in [3.63, 3.8) is 0 Å². The summed E-state index contributed by atoms with van der Waals surface area (Å²) in [5.41, 5.74) is -0.0877. The highest BCUT2D eigenvalue weighted by Crippen LogP contribution is 2.18. The van der Waals surface area contributed by atoms with Crippen LogP contribution >= 0.6 is 0 Å². The van der Waals surface area contributed by atoms with Gasteiger partial charge < -0.3 is 14.8 Å². The summed E-state index contributed by atoms with van der Waals surface area (Å²) in [6.45, 7) is 12.0. The lowest BCUT2D eigenvalue weighted by molar-refractivity contribution is -0.133. The first-order chi connectivity index (χ1) is 13.7. The van der Waals surface area contributed by atoms with Gasteiger partial charge in [-0.1, -0.05) is 20.8 Å². The number of H-pyrrole nitrogens is 1. The van der Waals surface area contributed by atoms with Gasteiger partial charge in [-0.3, -0.25) is 19.3 Å². The molecule has 0 spiro atoms. The fourth-order valence-electron chi connectivity index (χ4n) is 3.89. The number of amides is 2. The second kappa shape index (κ2) is 8.65. The van der Waals surface area contributed by atoms with Gasteiger partial charge in [-0.25, -0.2) is 4.98 Å². The third kappa shape index (κ3) is 5.04. The van der Waals surface area contributed by atoms with Gasteiger partial charge in [0.25, 0.3) is 11.5 Å². The second-order valence-corrected chi connectivity index (χ2v) is 9.13. The number of rotatable bonds is 3. The number of piperidine rings is 1. The molecule has 0 radical (unpaired) electrons. The van der Waals surface area contributed by atoms with Crippen LogP contribution in [0.5, 0.6) is 0 Å². The van der Waals surface area contributed by atoms with Crippen LogP contribution in [0, 0.1) is 6.92 Å². The SMILES string of the molecule is Cc1nc(C(C)(C)C)[nH]c(=O)c1C(=O)N1CCN(CC(=O)N2CCCCC2)CC1. The molecule has 8 nitrogen and oxygen atoms in total. The largest absolute Gasteiger partial charge is 0.342 e. The van der Waals surface area contributed by atoms with Crippen LogP contribution in [0.3, 0.4) is 0 Å². The summed E-state index contributed by atoms with van der Waals surface area (Å²) in [5.74, 6) is 0.482. The van der Waals surface area contributed by atoms with Crippen molar-refractivity contribution in [1.29, 1.82) is 0 Å². The van der Waals surface area contributed by atoms with Crippen molar-refractivity contribution < 1.29 is 9.59 Å². The first kappa shape index (κ1) is 21.5. The molecule has 0 aliphatic carbocycles. The molecule has 1 aromatic rings. The number of nitrogens with zero attached hydrogens (tertiary/aromatic N) is 4. The Balaban J connectivity index is 1.60. The number of aromatic amines is 1. The van der Waals surface area contributed by atoms with Crippen LogP contribution < -0.4 is 5.56 Å². The van der Waals surface area contributed by atoms with Gasteiger partial charge in [0, 0.05) is 44.7 Å². The monoisotopic (exact) mass is 403 g/mol. The van der Waals surface area contributed by atoms with Crippen LogP contribution in [0.2, 0.25) is 0 Å². The van der Waals surface area contributed by atoms with E-state index in [2.05, 4.69) is 14.9 Å². The summed E-state index contributed by atoms with van der Waals surface area (Å²) < 4.78 is 0. The molecule has 2 aliphatic heterocycles. The molecule has 0 saturated carbocycles. The van der Waals surface area contributed by atoms with Crippen molar-refractivity contribution >= 4 is 11.8 Å². The molecule has 0 aromatic carbocycles. The van der Waals surface area contributed by atoms with Gasteiger partial charge in [0.05, 0.1) is 12.2 Å². The zero-order chi connectivity index (χ0) is 21.2. The molecule has 2 amide bonds. The van der Waals surface area contributed by atoms with E-state index in [0.717, 1.165) is 25.9 Å². The topological polar surface area (TPSA) is 89.6 Å². The van der Waals surface area contributed by atoms with Crippen molar-refractivity contribution in [2.45, 2.75) is 52.4 Å². The quantitative estimate of drug-likeness (QED) is 0.818. The Bertz CT molecular complexity index is 813. The van der Waals surface area contributed by atoms with Crippen LogP contribution in [0.15, 0.2) is 4.79 Å². The lowest BCUT2D eigenvalue weighted by Crippen LogP contribution is -2.52. The normalized spacial score (nSPS) is 18.8. The first-order valence-electron chi connectivity index (χ1n) is 10.6. The third-order valence-corrected chi connectivity index (χ3v) is 5.75. The Hall–Kier alpha value is -2.22. The summed E-state index contributed by atoms with van der Waals surface area (Å²) in [4.78, 5) is 51.0. The summed E-state index contributed by atoms with van der Waals surface area (Å²) in [5, 5.41) is 0. The molecule has 2 saturated heterocycles. The Morgan fingerprint density at radius 3 is 2.14 bits per heavy atom. The van der Waals surface area contributed by atoms with Crippen molar-refractivity contribution in [3.05, 3.63) is 27.4 Å². The van der Waals surface area contributed by atoms with E-state index >= 15 is 0 Å². The smallest absolute Gasteiger partial charge is 0.264 e. The molecular formula is C21H33N5O3. The highest BCUT2D eigenvalue weighted by atomic mass is 16.2. The van der Waals surface area contributed by atoms with Crippen LogP contribution in [0.25, 0.3) is 0 Å². The van der Waals surface area contributed by atoms with E-state index in [4.69, 9.17) is 0 Å². The highest BCUT2D eigenvalue weighted by Gasteiger charge is 2.29. The Labute approximate surface area is 172 Å². The number of aryl methyl sites for hydroxylation is 1. The fraction of sp³-hybridized carbons (Fsp3) is 0.714. The minimum Gasteiger partial charge on any atom is -0.342 e. The minimum atomic E-state index is -0.380. The first-order valence-corrected chi connectivity index (χ1v) is 10.6. The molecule has 0 unspecified atom stereocenters. The molecule has 3 rings (SSSR count). The number of carbonyl (C=O) groups excluding carboxylic acids is 2. The van der Waals surface area contributed by atoms with E-state index in [-0.39, 0.29) is 28.4 Å². The zero-order valence-electron chi connectivity index (χ0n) is 18.1. The maximum absolute atomic E-state index is 13.0. The maximum Gasteiger partial charge on any atom is 0.264 e. The number of likely N-dealkylation sites (tertiary alicyclic amines) is 1. The summed E-state index contributed by atoms with van der Waals surface area (Å²) in [7, 11) is 0. The molecule has 160 valence electrons. The number of aromatic nitrogens is 2. The third-order valence-electron chi connectivity index (χ3n) is 5.75. The van der Waals surface area contributed by atoms with E-state index in [0.29, 0.717) is 44.2 Å². The molecular weight excluding hydrogens is 370 g/mol. The standard InChI is InChI=1S/C21H33N5O3/c1-15-17(18(28)23-20(22-15)21(2,3)4)19(29)26-12-10-24(11-13-26)14-16(27)25-8-6-5-7-9-25/h5-14H2,1-4H3,(H,22,23,28). The Morgan fingerprint density at radius 1 is 0.966 bits per heavy atom. The van der Waals surface area contributed by atoms with Gasteiger partial charge in [0.1, 0.15) is 11.4 Å². The number of piperazine rings is 1. The van der Waals surface area contributed by atoms with Crippen molar-refractivity contribution in [1.82, 2.24) is 24.7 Å². The highest BCUT2D eigenvalue weighted by molar-refractivity contribution is 5.95. The molecule has 1 aromatic heterocycles. The predicted octanol–water partition coefficient (Wildman–Crippen LogP) is 1.15. The van der Waals surface area contributed by atoms with Crippen LogP contribution in [0.1, 0.15) is 61.9 Å². The second-order valence-electron chi connectivity index (χ2n) is 9.13. The number of carbonyl (C=O) groups is 2. The van der Waals surface area contributed by atoms with Gasteiger partial charge in [-0.2, -0.15) is 0 Å². The number of nitrogens with one attached hydrogen (secondary N) is 1. The molecule has 3 heterocycles. The predicted molar refractivity (Wildman–Crippen MR) is 111 cm³/mol. The molecule has 0 bridgehead atoms. The van der Waals surface area contributed by atoms with E-state index in [1.807, 2.05) is 25.7 Å². The lowest BCUT2D eigenvalue weighted by atomic mass is 9.95. The average Bonchev–Trinajstić information content (AvgIpc) is 2.68. The van der Waals surface area contributed by atoms with Crippen LogP contribution in [0.4, 0.5) is 0 Å². The lowest BCUT2D eigenvalue weighted by Gasteiger charge is -2.36. The van der Waals surface area contributed by atoms with Gasteiger partial charge in [0.15, 0.2) is 0 Å². The maximum atomic E-state index is 13.0. The van der Waals surface area contributed by atoms with Crippen molar-refractivity contribution in [3.8, 4) is 0 Å². The number of hydrogen-bond acceptors (Lipinski definition) is 5. The van der Waals surface area contributed by atoms with Gasteiger partial charge in [-0.05, 0) is 26.2 Å². The molecule has 2 aliphatic rings.